The molecule has 3 rings (SSSR count). The van der Waals surface area contributed by atoms with Crippen molar-refractivity contribution in [2.45, 2.75) is 5.38 Å². The van der Waals surface area contributed by atoms with Gasteiger partial charge in [0.25, 0.3) is 0 Å². The molecule has 1 N–H and O–H groups in total. The van der Waals surface area contributed by atoms with Crippen molar-refractivity contribution in [2.75, 3.05) is 0 Å². The second-order valence-corrected chi connectivity index (χ2v) is 4.75. The van der Waals surface area contributed by atoms with Crippen LogP contribution in [-0.2, 0) is 5.38 Å². The Morgan fingerprint density at radius 3 is 2.71 bits per heavy atom. The summed E-state index contributed by atoms with van der Waals surface area (Å²) in [6, 6.07) is 6.98. The van der Waals surface area contributed by atoms with Crippen LogP contribution in [0.4, 0.5) is 8.78 Å². The summed E-state index contributed by atoms with van der Waals surface area (Å²) in [6.07, 6.45) is 1.40. The van der Waals surface area contributed by atoms with Gasteiger partial charge in [0.15, 0.2) is 5.69 Å². The summed E-state index contributed by atoms with van der Waals surface area (Å²) >= 11 is 5.09. The summed E-state index contributed by atoms with van der Waals surface area (Å²) in [6.45, 7) is 0. The van der Waals surface area contributed by atoms with E-state index in [9.17, 15) is 13.6 Å². The zero-order valence-corrected chi connectivity index (χ0v) is 11.0. The van der Waals surface area contributed by atoms with E-state index in [1.807, 2.05) is 0 Å². The smallest absolute Gasteiger partial charge is 0.364 e. The molecule has 0 unspecified atom stereocenters. The summed E-state index contributed by atoms with van der Waals surface area (Å²) in [7, 11) is 0. The van der Waals surface area contributed by atoms with Crippen molar-refractivity contribution in [3.63, 3.8) is 0 Å². The lowest BCUT2D eigenvalue weighted by atomic mass is 10.1. The van der Waals surface area contributed by atoms with E-state index in [-0.39, 0.29) is 11.2 Å². The maximum absolute atomic E-state index is 13.5. The molecule has 0 aliphatic heterocycles. The molecule has 0 fully saturated rings. The molecule has 3 aromatic rings. The van der Waals surface area contributed by atoms with Gasteiger partial charge in [0.05, 0.1) is 11.8 Å². The molecular weight excluding hydrogens is 306 g/mol. The molecule has 0 aliphatic carbocycles. The number of carbonyl (C=O) groups is 1. The second kappa shape index (κ2) is 4.56. The fourth-order valence-electron chi connectivity index (χ4n) is 1.99. The van der Waals surface area contributed by atoms with Crippen molar-refractivity contribution >= 4 is 23.1 Å². The second-order valence-electron chi connectivity index (χ2n) is 4.28. The SMILES string of the molecule is O=C(O)c1cc2cc(-c3ccco3)cc(C(F)(F)Cl)n2n1. The lowest BCUT2D eigenvalue weighted by Gasteiger charge is -2.11. The van der Waals surface area contributed by atoms with E-state index in [4.69, 9.17) is 21.1 Å². The lowest BCUT2D eigenvalue weighted by Crippen LogP contribution is -2.12. The fraction of sp³-hybridized carbons (Fsp3) is 0.0769. The van der Waals surface area contributed by atoms with Crippen molar-refractivity contribution in [1.29, 1.82) is 0 Å². The molecule has 108 valence electrons. The summed E-state index contributed by atoms with van der Waals surface area (Å²) < 4.78 is 33.1. The van der Waals surface area contributed by atoms with Gasteiger partial charge < -0.3 is 9.52 Å². The first-order chi connectivity index (χ1) is 9.86. The molecule has 0 saturated heterocycles. The predicted octanol–water partition coefficient (Wildman–Crippen LogP) is 3.58. The maximum atomic E-state index is 13.5. The molecule has 0 bridgehead atoms. The minimum absolute atomic E-state index is 0.177. The van der Waals surface area contributed by atoms with E-state index in [2.05, 4.69) is 5.10 Å². The number of hydrogen-bond acceptors (Lipinski definition) is 3. The summed E-state index contributed by atoms with van der Waals surface area (Å²) in [4.78, 5) is 10.9. The number of carboxylic acids is 1. The summed E-state index contributed by atoms with van der Waals surface area (Å²) in [5.74, 6) is -0.958. The molecule has 0 atom stereocenters. The van der Waals surface area contributed by atoms with Gasteiger partial charge in [-0.3, -0.25) is 0 Å². The number of furan rings is 1. The number of rotatable bonds is 3. The van der Waals surface area contributed by atoms with Gasteiger partial charge in [0, 0.05) is 5.56 Å². The van der Waals surface area contributed by atoms with Crippen LogP contribution in [0.5, 0.6) is 0 Å². The largest absolute Gasteiger partial charge is 0.476 e. The summed E-state index contributed by atoms with van der Waals surface area (Å²) in [5, 5.41) is 8.84. The summed E-state index contributed by atoms with van der Waals surface area (Å²) in [5.41, 5.74) is -0.467. The molecular formula is C13H7ClF2N2O3. The minimum atomic E-state index is -3.71. The van der Waals surface area contributed by atoms with Crippen molar-refractivity contribution in [3.05, 3.63) is 48.0 Å². The van der Waals surface area contributed by atoms with Gasteiger partial charge in [0.1, 0.15) is 11.5 Å². The third kappa shape index (κ3) is 2.36. The van der Waals surface area contributed by atoms with Crippen molar-refractivity contribution in [2.24, 2.45) is 0 Å². The van der Waals surface area contributed by atoms with Crippen LogP contribution >= 0.6 is 11.6 Å². The quantitative estimate of drug-likeness (QED) is 0.751. The topological polar surface area (TPSA) is 67.7 Å². The molecule has 0 spiro atoms. The molecule has 3 heterocycles. The average Bonchev–Trinajstić information content (AvgIpc) is 3.05. The third-order valence-electron chi connectivity index (χ3n) is 2.88. The first-order valence-corrected chi connectivity index (χ1v) is 6.12. The predicted molar refractivity (Wildman–Crippen MR) is 69.6 cm³/mol. The van der Waals surface area contributed by atoms with Crippen LogP contribution in [0.15, 0.2) is 41.0 Å². The highest BCUT2D eigenvalue weighted by molar-refractivity contribution is 6.21. The lowest BCUT2D eigenvalue weighted by molar-refractivity contribution is 0.0686. The van der Waals surface area contributed by atoms with E-state index in [0.717, 1.165) is 10.6 Å². The Balaban J connectivity index is 2.32. The number of nitrogens with zero attached hydrogens (tertiary/aromatic N) is 2. The van der Waals surface area contributed by atoms with Crippen LogP contribution < -0.4 is 0 Å². The van der Waals surface area contributed by atoms with Gasteiger partial charge in [-0.1, -0.05) is 0 Å². The van der Waals surface area contributed by atoms with E-state index < -0.39 is 17.0 Å². The van der Waals surface area contributed by atoms with Crippen molar-refractivity contribution in [1.82, 2.24) is 9.61 Å². The molecule has 0 aromatic carbocycles. The third-order valence-corrected chi connectivity index (χ3v) is 3.07. The van der Waals surface area contributed by atoms with Gasteiger partial charge in [-0.05, 0) is 41.9 Å². The Bertz CT molecular complexity index is 822. The van der Waals surface area contributed by atoms with Crippen molar-refractivity contribution in [3.8, 4) is 11.3 Å². The number of halogens is 3. The monoisotopic (exact) mass is 312 g/mol. The highest BCUT2D eigenvalue weighted by atomic mass is 35.5. The first kappa shape index (κ1) is 13.6. The highest BCUT2D eigenvalue weighted by Crippen LogP contribution is 2.35. The number of aromatic carboxylic acids is 1. The molecule has 0 amide bonds. The number of pyridine rings is 1. The van der Waals surface area contributed by atoms with E-state index in [0.29, 0.717) is 11.3 Å². The number of hydrogen-bond donors (Lipinski definition) is 1. The molecule has 5 nitrogen and oxygen atoms in total. The highest BCUT2D eigenvalue weighted by Gasteiger charge is 2.33. The number of alkyl halides is 3. The van der Waals surface area contributed by atoms with Crippen molar-refractivity contribution < 1.29 is 23.1 Å². The van der Waals surface area contributed by atoms with Crippen LogP contribution in [0.3, 0.4) is 0 Å². The first-order valence-electron chi connectivity index (χ1n) is 5.74. The van der Waals surface area contributed by atoms with Gasteiger partial charge in [0.2, 0.25) is 0 Å². The van der Waals surface area contributed by atoms with Gasteiger partial charge in [-0.15, -0.1) is 0 Å². The molecule has 0 radical (unpaired) electrons. The van der Waals surface area contributed by atoms with Gasteiger partial charge in [-0.25, -0.2) is 9.31 Å². The zero-order valence-electron chi connectivity index (χ0n) is 10.3. The molecule has 3 aromatic heterocycles. The van der Waals surface area contributed by atoms with Crippen LogP contribution in [-0.4, -0.2) is 20.7 Å². The average molecular weight is 313 g/mol. The van der Waals surface area contributed by atoms with Crippen LogP contribution in [0, 0.1) is 0 Å². The Hall–Kier alpha value is -2.41. The number of fused-ring (bicyclic) bond motifs is 1. The van der Waals surface area contributed by atoms with Gasteiger partial charge in [-0.2, -0.15) is 13.9 Å². The molecule has 0 saturated carbocycles. The number of carboxylic acid groups (broad SMARTS) is 1. The minimum Gasteiger partial charge on any atom is -0.476 e. The Kier molecular flexibility index (Phi) is 2.94. The van der Waals surface area contributed by atoms with Crippen LogP contribution in [0.25, 0.3) is 16.8 Å². The van der Waals surface area contributed by atoms with E-state index >= 15 is 0 Å². The Morgan fingerprint density at radius 1 is 1.38 bits per heavy atom. The van der Waals surface area contributed by atoms with Crippen LogP contribution in [0.2, 0.25) is 0 Å². The molecule has 0 aliphatic rings. The standard InChI is InChI=1S/C13H7ClF2N2O3/c14-13(15,16)11-5-7(10-2-1-3-21-10)4-8-6-9(12(19)20)17-18(8)11/h1-6H,(H,19,20). The molecule has 8 heteroatoms. The Morgan fingerprint density at radius 2 is 2.14 bits per heavy atom. The van der Waals surface area contributed by atoms with E-state index in [1.54, 1.807) is 12.1 Å². The molecule has 21 heavy (non-hydrogen) atoms. The fourth-order valence-corrected chi connectivity index (χ4v) is 2.13. The van der Waals surface area contributed by atoms with Crippen LogP contribution in [0.1, 0.15) is 16.2 Å². The normalized spacial score (nSPS) is 12.0. The Labute approximate surface area is 121 Å². The zero-order chi connectivity index (χ0) is 15.2. The number of aromatic nitrogens is 2. The van der Waals surface area contributed by atoms with E-state index in [1.165, 1.54) is 18.4 Å². The van der Waals surface area contributed by atoms with Gasteiger partial charge >= 0.3 is 11.4 Å². The maximum Gasteiger partial charge on any atom is 0.364 e.